The molecule has 0 aliphatic heterocycles. The highest BCUT2D eigenvalue weighted by molar-refractivity contribution is 5.25. The first-order chi connectivity index (χ1) is 8.69. The van der Waals surface area contributed by atoms with Gasteiger partial charge < -0.3 is 5.32 Å². The Morgan fingerprint density at radius 2 is 1.83 bits per heavy atom. The van der Waals surface area contributed by atoms with Crippen molar-refractivity contribution < 1.29 is 0 Å². The van der Waals surface area contributed by atoms with Gasteiger partial charge in [-0.1, -0.05) is 51.5 Å². The number of nitrogens with one attached hydrogen (secondary N) is 1. The predicted octanol–water partition coefficient (Wildman–Crippen LogP) is 4.34. The lowest BCUT2D eigenvalue weighted by Gasteiger charge is -2.25. The molecular formula is C17H29N. The molecule has 0 heterocycles. The maximum Gasteiger partial charge on any atom is 0.00957 e. The second-order valence-corrected chi connectivity index (χ2v) is 5.40. The van der Waals surface area contributed by atoms with Gasteiger partial charge in [0.15, 0.2) is 0 Å². The van der Waals surface area contributed by atoms with Gasteiger partial charge in [-0.2, -0.15) is 0 Å². The van der Waals surface area contributed by atoms with Crippen LogP contribution in [-0.2, 0) is 6.42 Å². The Kier molecular flexibility index (Phi) is 7.04. The Morgan fingerprint density at radius 1 is 1.11 bits per heavy atom. The van der Waals surface area contributed by atoms with Crippen molar-refractivity contribution in [1.29, 1.82) is 0 Å². The normalized spacial score (nSPS) is 14.4. The summed E-state index contributed by atoms with van der Waals surface area (Å²) in [4.78, 5) is 0. The smallest absolute Gasteiger partial charge is 0.00957 e. The third-order valence-electron chi connectivity index (χ3n) is 3.88. The molecule has 1 N–H and O–H groups in total. The highest BCUT2D eigenvalue weighted by Crippen LogP contribution is 2.17. The predicted molar refractivity (Wildman–Crippen MR) is 81.0 cm³/mol. The van der Waals surface area contributed by atoms with Crippen LogP contribution in [0, 0.1) is 12.8 Å². The Morgan fingerprint density at radius 3 is 2.44 bits per heavy atom. The topological polar surface area (TPSA) is 12.0 Å². The summed E-state index contributed by atoms with van der Waals surface area (Å²) in [7, 11) is 0. The van der Waals surface area contributed by atoms with E-state index in [9.17, 15) is 0 Å². The van der Waals surface area contributed by atoms with Crippen LogP contribution in [0.25, 0.3) is 0 Å². The lowest BCUT2D eigenvalue weighted by molar-refractivity contribution is 0.342. The summed E-state index contributed by atoms with van der Waals surface area (Å²) >= 11 is 0. The van der Waals surface area contributed by atoms with Crippen LogP contribution in [0.15, 0.2) is 24.3 Å². The standard InChI is InChI=1S/C17H29N/c1-5-9-15(4)17(18-6-2)13-12-16-11-8-7-10-14(16)3/h7-8,10-11,15,17-18H,5-6,9,12-13H2,1-4H3. The molecule has 0 bridgehead atoms. The van der Waals surface area contributed by atoms with Crippen molar-refractivity contribution in [2.75, 3.05) is 6.54 Å². The van der Waals surface area contributed by atoms with E-state index in [2.05, 4.69) is 57.3 Å². The van der Waals surface area contributed by atoms with Crippen LogP contribution in [0.5, 0.6) is 0 Å². The van der Waals surface area contributed by atoms with Crippen molar-refractivity contribution >= 4 is 0 Å². The number of hydrogen-bond acceptors (Lipinski definition) is 1. The van der Waals surface area contributed by atoms with Crippen molar-refractivity contribution in [2.24, 2.45) is 5.92 Å². The first-order valence-electron chi connectivity index (χ1n) is 7.46. The third kappa shape index (κ3) is 4.81. The van der Waals surface area contributed by atoms with Crippen LogP contribution < -0.4 is 5.32 Å². The van der Waals surface area contributed by atoms with Crippen LogP contribution in [0.2, 0.25) is 0 Å². The van der Waals surface area contributed by atoms with Crippen molar-refractivity contribution in [1.82, 2.24) is 5.32 Å². The molecule has 0 aliphatic carbocycles. The molecule has 0 fully saturated rings. The van der Waals surface area contributed by atoms with Crippen molar-refractivity contribution in [3.8, 4) is 0 Å². The van der Waals surface area contributed by atoms with E-state index in [0.29, 0.717) is 6.04 Å². The van der Waals surface area contributed by atoms with E-state index in [0.717, 1.165) is 12.5 Å². The largest absolute Gasteiger partial charge is 0.314 e. The number of benzene rings is 1. The zero-order valence-electron chi connectivity index (χ0n) is 12.5. The minimum Gasteiger partial charge on any atom is -0.314 e. The molecule has 1 aromatic rings. The van der Waals surface area contributed by atoms with Crippen molar-refractivity contribution in [2.45, 2.75) is 59.4 Å². The van der Waals surface area contributed by atoms with Gasteiger partial charge in [-0.05, 0) is 49.8 Å². The minimum absolute atomic E-state index is 0.662. The van der Waals surface area contributed by atoms with Gasteiger partial charge in [0.05, 0.1) is 0 Å². The van der Waals surface area contributed by atoms with Crippen LogP contribution in [0.4, 0.5) is 0 Å². The van der Waals surface area contributed by atoms with Gasteiger partial charge in [0.25, 0.3) is 0 Å². The minimum atomic E-state index is 0.662. The molecule has 0 aliphatic rings. The van der Waals surface area contributed by atoms with E-state index < -0.39 is 0 Å². The number of rotatable bonds is 8. The van der Waals surface area contributed by atoms with Crippen LogP contribution in [0.1, 0.15) is 51.2 Å². The third-order valence-corrected chi connectivity index (χ3v) is 3.88. The Balaban J connectivity index is 2.54. The Bertz CT molecular complexity index is 332. The second-order valence-electron chi connectivity index (χ2n) is 5.40. The van der Waals surface area contributed by atoms with Crippen LogP contribution in [0.3, 0.4) is 0 Å². The quantitative estimate of drug-likeness (QED) is 0.720. The maximum absolute atomic E-state index is 3.66. The fraction of sp³-hybridized carbons (Fsp3) is 0.647. The summed E-state index contributed by atoms with van der Waals surface area (Å²) in [5.41, 5.74) is 2.93. The lowest BCUT2D eigenvalue weighted by Crippen LogP contribution is -2.35. The van der Waals surface area contributed by atoms with Gasteiger partial charge in [-0.25, -0.2) is 0 Å². The van der Waals surface area contributed by atoms with Crippen LogP contribution >= 0.6 is 0 Å². The molecule has 18 heavy (non-hydrogen) atoms. The molecule has 0 aromatic heterocycles. The molecule has 0 saturated heterocycles. The first kappa shape index (κ1) is 15.2. The highest BCUT2D eigenvalue weighted by Gasteiger charge is 2.15. The van der Waals surface area contributed by atoms with E-state index in [1.807, 2.05) is 0 Å². The molecule has 1 nitrogen and oxygen atoms in total. The summed E-state index contributed by atoms with van der Waals surface area (Å²) in [5, 5.41) is 3.66. The van der Waals surface area contributed by atoms with Gasteiger partial charge in [0.2, 0.25) is 0 Å². The molecule has 0 spiro atoms. The fourth-order valence-electron chi connectivity index (χ4n) is 2.71. The van der Waals surface area contributed by atoms with Gasteiger partial charge in [0.1, 0.15) is 0 Å². The van der Waals surface area contributed by atoms with Gasteiger partial charge in [-0.15, -0.1) is 0 Å². The summed E-state index contributed by atoms with van der Waals surface area (Å²) in [6.07, 6.45) is 5.05. The Hall–Kier alpha value is -0.820. The average molecular weight is 247 g/mol. The van der Waals surface area contributed by atoms with Crippen molar-refractivity contribution in [3.05, 3.63) is 35.4 Å². The van der Waals surface area contributed by atoms with Gasteiger partial charge in [-0.3, -0.25) is 0 Å². The van der Waals surface area contributed by atoms with Crippen LogP contribution in [-0.4, -0.2) is 12.6 Å². The molecule has 1 rings (SSSR count). The molecule has 1 heteroatoms. The zero-order valence-corrected chi connectivity index (χ0v) is 12.5. The fourth-order valence-corrected chi connectivity index (χ4v) is 2.71. The molecule has 2 atom stereocenters. The molecular weight excluding hydrogens is 218 g/mol. The van der Waals surface area contributed by atoms with E-state index in [4.69, 9.17) is 0 Å². The molecule has 2 unspecified atom stereocenters. The summed E-state index contributed by atoms with van der Waals surface area (Å²) in [6.45, 7) is 10.2. The first-order valence-corrected chi connectivity index (χ1v) is 7.46. The molecule has 0 saturated carbocycles. The molecule has 0 amide bonds. The second kappa shape index (κ2) is 8.31. The summed E-state index contributed by atoms with van der Waals surface area (Å²) in [6, 6.07) is 9.42. The lowest BCUT2D eigenvalue weighted by atomic mass is 9.91. The van der Waals surface area contributed by atoms with Gasteiger partial charge in [0, 0.05) is 6.04 Å². The SMILES string of the molecule is CCCC(C)C(CCc1ccccc1C)NCC. The number of hydrogen-bond donors (Lipinski definition) is 1. The number of aryl methyl sites for hydroxylation is 2. The van der Waals surface area contributed by atoms with Gasteiger partial charge >= 0.3 is 0 Å². The highest BCUT2D eigenvalue weighted by atomic mass is 14.9. The van der Waals surface area contributed by atoms with E-state index >= 15 is 0 Å². The van der Waals surface area contributed by atoms with E-state index in [1.165, 1.54) is 36.8 Å². The summed E-state index contributed by atoms with van der Waals surface area (Å²) < 4.78 is 0. The molecule has 1 aromatic carbocycles. The Labute approximate surface area is 113 Å². The van der Waals surface area contributed by atoms with Crippen molar-refractivity contribution in [3.63, 3.8) is 0 Å². The molecule has 102 valence electrons. The van der Waals surface area contributed by atoms with E-state index in [-0.39, 0.29) is 0 Å². The summed E-state index contributed by atoms with van der Waals surface area (Å²) in [5.74, 6) is 0.777. The zero-order chi connectivity index (χ0) is 13.4. The van der Waals surface area contributed by atoms with E-state index in [1.54, 1.807) is 0 Å². The molecule has 0 radical (unpaired) electrons. The maximum atomic E-state index is 3.66. The monoisotopic (exact) mass is 247 g/mol. The average Bonchev–Trinajstić information content (AvgIpc) is 2.36.